The molecule has 11 nitrogen and oxygen atoms in total. The van der Waals surface area contributed by atoms with Crippen LogP contribution in [0.25, 0.3) is 5.57 Å². The third-order valence-electron chi connectivity index (χ3n) is 5.56. The van der Waals surface area contributed by atoms with Crippen molar-refractivity contribution in [2.24, 2.45) is 5.41 Å². The minimum Gasteiger partial charge on any atom is -0.427 e. The van der Waals surface area contributed by atoms with E-state index in [1.807, 2.05) is 20.8 Å². The molecule has 0 saturated carbocycles. The number of anilines is 1. The minimum absolute atomic E-state index is 0.0494. The lowest BCUT2D eigenvalue weighted by atomic mass is 9.98. The van der Waals surface area contributed by atoms with Crippen LogP contribution in [-0.2, 0) is 33.4 Å². The third-order valence-corrected chi connectivity index (χ3v) is 7.57. The normalized spacial score (nSPS) is 19.7. The number of thiazole rings is 1. The number of hydrogen-bond acceptors (Lipinski definition) is 11. The minimum atomic E-state index is -0.849. The lowest BCUT2D eigenvalue weighted by molar-refractivity contribution is -0.173. The lowest BCUT2D eigenvalue weighted by Crippen LogP contribution is -2.70. The second-order valence-corrected chi connectivity index (χ2v) is 12.0. The van der Waals surface area contributed by atoms with Crippen LogP contribution in [0.4, 0.5) is 5.13 Å². The molecule has 2 aliphatic heterocycles. The molecule has 38 heavy (non-hydrogen) atoms. The monoisotopic (exact) mass is 566 g/mol. The quantitative estimate of drug-likeness (QED) is 0.187. The van der Waals surface area contributed by atoms with Crippen molar-refractivity contribution in [3.8, 4) is 0 Å². The number of nitrogens with two attached hydrogens (primary N) is 1. The fourth-order valence-electron chi connectivity index (χ4n) is 3.62. The maximum atomic E-state index is 13.2. The molecule has 3 heterocycles. The van der Waals surface area contributed by atoms with Crippen LogP contribution >= 0.6 is 23.1 Å². The Morgan fingerprint density at radius 2 is 2.00 bits per heavy atom. The second kappa shape index (κ2) is 12.3. The Kier molecular flexibility index (Phi) is 9.60. The van der Waals surface area contributed by atoms with Crippen LogP contribution < -0.4 is 11.1 Å². The van der Waals surface area contributed by atoms with Crippen molar-refractivity contribution in [3.63, 3.8) is 0 Å². The van der Waals surface area contributed by atoms with Crippen LogP contribution in [0.3, 0.4) is 0 Å². The molecule has 3 rings (SSSR count). The number of allylic oxidation sites excluding steroid dienone is 1. The first kappa shape index (κ1) is 29.7. The number of ether oxygens (including phenoxy) is 3. The highest BCUT2D eigenvalue weighted by molar-refractivity contribution is 8.00. The maximum absolute atomic E-state index is 13.2. The summed E-state index contributed by atoms with van der Waals surface area (Å²) >= 11 is 2.63. The topological polar surface area (TPSA) is 150 Å². The Morgan fingerprint density at radius 1 is 1.29 bits per heavy atom. The Morgan fingerprint density at radius 3 is 2.58 bits per heavy atom. The first-order valence-electron chi connectivity index (χ1n) is 12.2. The third kappa shape index (κ3) is 6.75. The lowest BCUT2D eigenvalue weighted by Gasteiger charge is -2.49. The number of carbonyl (C=O) groups excluding carboxylic acids is 4. The van der Waals surface area contributed by atoms with Gasteiger partial charge in [-0.15, -0.1) is 23.1 Å². The average molecular weight is 567 g/mol. The number of aromatic nitrogens is 1. The van der Waals surface area contributed by atoms with E-state index in [2.05, 4.69) is 10.3 Å². The number of amides is 2. The van der Waals surface area contributed by atoms with E-state index in [9.17, 15) is 19.2 Å². The molecule has 0 spiro atoms. The molecule has 2 aliphatic rings. The van der Waals surface area contributed by atoms with Gasteiger partial charge in [-0.1, -0.05) is 13.0 Å². The number of rotatable bonds is 10. The molecule has 2 atom stereocenters. The molecule has 2 amide bonds. The molecule has 0 unspecified atom stereocenters. The number of β-lactam (4-membered cyclic amide) rings is 1. The van der Waals surface area contributed by atoms with Gasteiger partial charge in [0.1, 0.15) is 17.1 Å². The Bertz CT molecular complexity index is 1150. The van der Waals surface area contributed by atoms with Crippen molar-refractivity contribution in [3.05, 3.63) is 28.4 Å². The van der Waals surface area contributed by atoms with Crippen molar-refractivity contribution in [1.82, 2.24) is 15.2 Å². The van der Waals surface area contributed by atoms with Crippen molar-refractivity contribution in [1.29, 1.82) is 0 Å². The van der Waals surface area contributed by atoms with Crippen molar-refractivity contribution in [2.45, 2.75) is 65.5 Å². The molecule has 208 valence electrons. The van der Waals surface area contributed by atoms with Gasteiger partial charge in [0, 0.05) is 11.1 Å². The number of hydrogen-bond donors (Lipinski definition) is 2. The smallest absolute Gasteiger partial charge is 0.358 e. The van der Waals surface area contributed by atoms with Gasteiger partial charge in [-0.05, 0) is 46.6 Å². The zero-order chi connectivity index (χ0) is 28.2. The van der Waals surface area contributed by atoms with Crippen LogP contribution in [0, 0.1) is 5.41 Å². The summed E-state index contributed by atoms with van der Waals surface area (Å²) in [6, 6.07) is -0.849. The van der Waals surface area contributed by atoms with Gasteiger partial charge in [0.05, 0.1) is 29.4 Å². The predicted molar refractivity (Wildman–Crippen MR) is 144 cm³/mol. The van der Waals surface area contributed by atoms with E-state index in [0.717, 1.165) is 0 Å². The fourth-order valence-corrected chi connectivity index (χ4v) is 5.51. The molecular weight excluding hydrogens is 532 g/mol. The number of nitrogen functional groups attached to an aromatic ring is 1. The number of esters is 2. The van der Waals surface area contributed by atoms with Gasteiger partial charge in [0.15, 0.2) is 5.13 Å². The molecule has 0 radical (unpaired) electrons. The molecular formula is C25H34N4O7S2. The van der Waals surface area contributed by atoms with Crippen LogP contribution in [0.5, 0.6) is 0 Å². The van der Waals surface area contributed by atoms with E-state index in [-0.39, 0.29) is 18.4 Å². The van der Waals surface area contributed by atoms with Gasteiger partial charge in [0.25, 0.3) is 11.8 Å². The Balaban J connectivity index is 1.76. The van der Waals surface area contributed by atoms with E-state index >= 15 is 0 Å². The second-order valence-electron chi connectivity index (χ2n) is 10.0. The van der Waals surface area contributed by atoms with Gasteiger partial charge in [-0.3, -0.25) is 19.3 Å². The molecule has 0 aromatic carbocycles. The molecule has 1 saturated heterocycles. The molecule has 1 fully saturated rings. The Hall–Kier alpha value is -2.90. The summed E-state index contributed by atoms with van der Waals surface area (Å²) in [6.07, 6.45) is 2.21. The van der Waals surface area contributed by atoms with Crippen LogP contribution in [0.2, 0.25) is 0 Å². The van der Waals surface area contributed by atoms with E-state index in [1.165, 1.54) is 28.0 Å². The zero-order valence-electron chi connectivity index (χ0n) is 22.4. The fraction of sp³-hybridized carbons (Fsp3) is 0.560. The SMILES string of the molecule is CC/C=C(/C(=O)N[C@@H]1C(=O)N2C(C(=O)OCOC(=O)C(C)(C)C)=C(COC(C)C)CS[C@H]12)c1csc(N)n1. The number of carbonyl (C=O) groups is 4. The first-order valence-corrected chi connectivity index (χ1v) is 14.1. The average Bonchev–Trinajstić information content (AvgIpc) is 3.28. The Labute approximate surface area is 230 Å². The van der Waals surface area contributed by atoms with E-state index < -0.39 is 47.4 Å². The molecule has 1 aromatic heterocycles. The number of nitrogens with one attached hydrogen (secondary N) is 1. The first-order chi connectivity index (χ1) is 17.8. The summed E-state index contributed by atoms with van der Waals surface area (Å²) in [4.78, 5) is 57.0. The van der Waals surface area contributed by atoms with Gasteiger partial charge in [-0.25, -0.2) is 9.78 Å². The van der Waals surface area contributed by atoms with Gasteiger partial charge in [-0.2, -0.15) is 0 Å². The number of nitrogens with zero attached hydrogens (tertiary/aromatic N) is 2. The predicted octanol–water partition coefficient (Wildman–Crippen LogP) is 2.69. The summed E-state index contributed by atoms with van der Waals surface area (Å²) in [6.45, 7) is 10.2. The molecule has 0 bridgehead atoms. The summed E-state index contributed by atoms with van der Waals surface area (Å²) in [7, 11) is 0. The summed E-state index contributed by atoms with van der Waals surface area (Å²) in [5, 5.41) is 4.29. The van der Waals surface area contributed by atoms with E-state index in [4.69, 9.17) is 19.9 Å². The molecule has 13 heteroatoms. The van der Waals surface area contributed by atoms with E-state index in [1.54, 1.807) is 32.2 Å². The highest BCUT2D eigenvalue weighted by Crippen LogP contribution is 2.41. The summed E-state index contributed by atoms with van der Waals surface area (Å²) < 4.78 is 16.0. The zero-order valence-corrected chi connectivity index (χ0v) is 24.0. The highest BCUT2D eigenvalue weighted by Gasteiger charge is 2.54. The maximum Gasteiger partial charge on any atom is 0.358 e. The van der Waals surface area contributed by atoms with Crippen LogP contribution in [0.1, 0.15) is 53.7 Å². The van der Waals surface area contributed by atoms with Gasteiger partial charge >= 0.3 is 11.9 Å². The van der Waals surface area contributed by atoms with Gasteiger partial charge in [0.2, 0.25) is 6.79 Å². The largest absolute Gasteiger partial charge is 0.427 e. The van der Waals surface area contributed by atoms with Crippen LogP contribution in [0.15, 0.2) is 22.7 Å². The highest BCUT2D eigenvalue weighted by atomic mass is 32.2. The van der Waals surface area contributed by atoms with E-state index in [0.29, 0.717) is 34.1 Å². The van der Waals surface area contributed by atoms with Crippen molar-refractivity contribution in [2.75, 3.05) is 24.9 Å². The molecule has 3 N–H and O–H groups in total. The standard InChI is InChI=1S/C25H34N4O7S2/c1-7-8-15(16-11-38-24(26)27-16)19(30)28-17-20(31)29-18(14(9-34-13(2)3)10-37-21(17)29)22(32)35-12-36-23(33)25(4,5)6/h8,11,13,17,21H,7,9-10,12H2,1-6H3,(H2,26,27)(H,28,30)/b15-8+/t17-,21-/m1/s1. The van der Waals surface area contributed by atoms with Gasteiger partial charge < -0.3 is 25.3 Å². The molecule has 0 aliphatic carbocycles. The van der Waals surface area contributed by atoms with Crippen molar-refractivity contribution < 1.29 is 33.4 Å². The molecule has 1 aromatic rings. The number of thioether (sulfide) groups is 1. The summed E-state index contributed by atoms with van der Waals surface area (Å²) in [5.74, 6) is -1.85. The van der Waals surface area contributed by atoms with Crippen LogP contribution in [-0.4, -0.2) is 70.3 Å². The summed E-state index contributed by atoms with van der Waals surface area (Å²) in [5.41, 5.74) is 6.36. The number of fused-ring (bicyclic) bond motifs is 1. The van der Waals surface area contributed by atoms with Crippen molar-refractivity contribution >= 4 is 57.6 Å².